The SMILES string of the molecule is CC1C=C(/C(C=N)=C/N)C=CC1. The van der Waals surface area contributed by atoms with Crippen LogP contribution in [0.4, 0.5) is 0 Å². The predicted molar refractivity (Wildman–Crippen MR) is 52.1 cm³/mol. The van der Waals surface area contributed by atoms with Crippen molar-refractivity contribution in [3.63, 3.8) is 0 Å². The van der Waals surface area contributed by atoms with Gasteiger partial charge >= 0.3 is 0 Å². The van der Waals surface area contributed by atoms with E-state index >= 15 is 0 Å². The van der Waals surface area contributed by atoms with E-state index in [1.54, 1.807) is 0 Å². The number of nitrogens with two attached hydrogens (primary N) is 1. The van der Waals surface area contributed by atoms with E-state index in [1.807, 2.05) is 6.08 Å². The molecule has 2 nitrogen and oxygen atoms in total. The zero-order valence-corrected chi connectivity index (χ0v) is 7.25. The van der Waals surface area contributed by atoms with Crippen LogP contribution in [-0.2, 0) is 0 Å². The summed E-state index contributed by atoms with van der Waals surface area (Å²) in [5.74, 6) is 0.555. The number of rotatable bonds is 2. The highest BCUT2D eigenvalue weighted by Crippen LogP contribution is 2.19. The molecule has 0 aromatic carbocycles. The van der Waals surface area contributed by atoms with Crippen molar-refractivity contribution >= 4 is 6.21 Å². The minimum atomic E-state index is 0.555. The fraction of sp³-hybridized carbons (Fsp3) is 0.300. The number of hydrogen-bond acceptors (Lipinski definition) is 2. The molecule has 0 saturated heterocycles. The van der Waals surface area contributed by atoms with Crippen molar-refractivity contribution in [2.75, 3.05) is 0 Å². The Bertz CT molecular complexity index is 259. The summed E-state index contributed by atoms with van der Waals surface area (Å²) in [6.45, 7) is 2.15. The van der Waals surface area contributed by atoms with Gasteiger partial charge in [0.05, 0.1) is 0 Å². The van der Waals surface area contributed by atoms with Gasteiger partial charge in [0, 0.05) is 18.0 Å². The Kier molecular flexibility index (Phi) is 2.86. The van der Waals surface area contributed by atoms with E-state index in [4.69, 9.17) is 11.1 Å². The number of hydrogen-bond donors (Lipinski definition) is 2. The van der Waals surface area contributed by atoms with Crippen LogP contribution in [0.5, 0.6) is 0 Å². The maximum absolute atomic E-state index is 7.11. The third kappa shape index (κ3) is 1.84. The van der Waals surface area contributed by atoms with E-state index < -0.39 is 0 Å². The van der Waals surface area contributed by atoms with E-state index in [1.165, 1.54) is 12.4 Å². The molecule has 0 heterocycles. The fourth-order valence-corrected chi connectivity index (χ4v) is 1.26. The van der Waals surface area contributed by atoms with Gasteiger partial charge in [0.15, 0.2) is 0 Å². The third-order valence-corrected chi connectivity index (χ3v) is 1.94. The second-order valence-electron chi connectivity index (χ2n) is 3.00. The lowest BCUT2D eigenvalue weighted by Crippen LogP contribution is -2.00. The average molecular weight is 162 g/mol. The quantitative estimate of drug-likeness (QED) is 0.599. The fourth-order valence-electron chi connectivity index (χ4n) is 1.26. The van der Waals surface area contributed by atoms with Crippen molar-refractivity contribution in [3.05, 3.63) is 35.6 Å². The molecule has 0 saturated carbocycles. The normalized spacial score (nSPS) is 23.6. The molecule has 0 aliphatic heterocycles. The van der Waals surface area contributed by atoms with Crippen LogP contribution in [0.15, 0.2) is 35.6 Å². The summed E-state index contributed by atoms with van der Waals surface area (Å²) in [7, 11) is 0. The smallest absolute Gasteiger partial charge is 0.0270 e. The second kappa shape index (κ2) is 3.90. The molecule has 1 rings (SSSR count). The molecule has 0 fully saturated rings. The van der Waals surface area contributed by atoms with Gasteiger partial charge in [0.25, 0.3) is 0 Å². The van der Waals surface area contributed by atoms with Crippen molar-refractivity contribution < 1.29 is 0 Å². The molecule has 0 spiro atoms. The first-order valence-electron chi connectivity index (χ1n) is 4.09. The van der Waals surface area contributed by atoms with Gasteiger partial charge < -0.3 is 11.1 Å². The first kappa shape index (κ1) is 8.78. The van der Waals surface area contributed by atoms with Gasteiger partial charge in [0.1, 0.15) is 0 Å². The average Bonchev–Trinajstić information content (AvgIpc) is 2.07. The van der Waals surface area contributed by atoms with Gasteiger partial charge in [-0.05, 0) is 17.9 Å². The van der Waals surface area contributed by atoms with Crippen LogP contribution in [0.3, 0.4) is 0 Å². The van der Waals surface area contributed by atoms with Gasteiger partial charge in [-0.2, -0.15) is 0 Å². The van der Waals surface area contributed by atoms with Crippen molar-refractivity contribution in [1.82, 2.24) is 0 Å². The molecule has 0 aromatic heterocycles. The van der Waals surface area contributed by atoms with Crippen LogP contribution >= 0.6 is 0 Å². The Labute approximate surface area is 73.0 Å². The summed E-state index contributed by atoms with van der Waals surface area (Å²) in [6.07, 6.45) is 10.1. The first-order valence-corrected chi connectivity index (χ1v) is 4.09. The zero-order chi connectivity index (χ0) is 8.97. The Morgan fingerprint density at radius 1 is 1.75 bits per heavy atom. The van der Waals surface area contributed by atoms with Gasteiger partial charge in [0.2, 0.25) is 0 Å². The monoisotopic (exact) mass is 162 g/mol. The molecule has 1 aliphatic carbocycles. The molecule has 0 amide bonds. The molecule has 0 radical (unpaired) electrons. The predicted octanol–water partition coefficient (Wildman–Crippen LogP) is 2.00. The van der Waals surface area contributed by atoms with Crippen molar-refractivity contribution in [1.29, 1.82) is 5.41 Å². The maximum atomic E-state index is 7.11. The van der Waals surface area contributed by atoms with Crippen molar-refractivity contribution in [3.8, 4) is 0 Å². The van der Waals surface area contributed by atoms with Crippen LogP contribution in [0.2, 0.25) is 0 Å². The lowest BCUT2D eigenvalue weighted by Gasteiger charge is -2.11. The molecular formula is C10H14N2. The molecule has 1 unspecified atom stereocenters. The summed E-state index contributed by atoms with van der Waals surface area (Å²) in [6, 6.07) is 0. The molecule has 64 valence electrons. The minimum Gasteiger partial charge on any atom is -0.404 e. The maximum Gasteiger partial charge on any atom is 0.0270 e. The molecule has 0 bridgehead atoms. The first-order chi connectivity index (χ1) is 5.77. The highest BCUT2D eigenvalue weighted by atomic mass is 14.5. The van der Waals surface area contributed by atoms with Crippen LogP contribution < -0.4 is 5.73 Å². The Morgan fingerprint density at radius 3 is 3.00 bits per heavy atom. The highest BCUT2D eigenvalue weighted by molar-refractivity contribution is 5.83. The van der Waals surface area contributed by atoms with Gasteiger partial charge in [-0.15, -0.1) is 0 Å². The van der Waals surface area contributed by atoms with Crippen molar-refractivity contribution in [2.24, 2.45) is 11.7 Å². The standard InChI is InChI=1S/C10H14N2/c1-8-3-2-4-9(5-8)10(6-11)7-12/h2,4-8,11H,3,12H2,1H3/b10-7+,11-6?. The highest BCUT2D eigenvalue weighted by Gasteiger charge is 2.05. The molecule has 2 heteroatoms. The molecule has 1 atom stereocenters. The summed E-state index contributed by atoms with van der Waals surface area (Å²) in [4.78, 5) is 0. The second-order valence-corrected chi connectivity index (χ2v) is 3.00. The molecule has 1 aliphatic rings. The van der Waals surface area contributed by atoms with E-state index in [9.17, 15) is 0 Å². The molecule has 3 N–H and O–H groups in total. The largest absolute Gasteiger partial charge is 0.404 e. The Balaban J connectivity index is 2.87. The topological polar surface area (TPSA) is 49.9 Å². The summed E-state index contributed by atoms with van der Waals surface area (Å²) >= 11 is 0. The van der Waals surface area contributed by atoms with Crippen LogP contribution in [0.1, 0.15) is 13.3 Å². The van der Waals surface area contributed by atoms with Crippen LogP contribution in [0, 0.1) is 11.3 Å². The lowest BCUT2D eigenvalue weighted by atomic mass is 9.94. The summed E-state index contributed by atoms with van der Waals surface area (Å²) < 4.78 is 0. The van der Waals surface area contributed by atoms with E-state index in [0.717, 1.165) is 17.6 Å². The Morgan fingerprint density at radius 2 is 2.50 bits per heavy atom. The molecule has 12 heavy (non-hydrogen) atoms. The number of allylic oxidation sites excluding steroid dienone is 5. The van der Waals surface area contributed by atoms with E-state index in [-0.39, 0.29) is 0 Å². The third-order valence-electron chi connectivity index (χ3n) is 1.94. The van der Waals surface area contributed by atoms with Gasteiger partial charge in [-0.3, -0.25) is 0 Å². The Hall–Kier alpha value is -1.31. The van der Waals surface area contributed by atoms with Crippen LogP contribution in [0.25, 0.3) is 0 Å². The lowest BCUT2D eigenvalue weighted by molar-refractivity contribution is 0.731. The molecule has 0 aromatic rings. The minimum absolute atomic E-state index is 0.555. The summed E-state index contributed by atoms with van der Waals surface area (Å²) in [5.41, 5.74) is 7.22. The zero-order valence-electron chi connectivity index (χ0n) is 7.25. The summed E-state index contributed by atoms with van der Waals surface area (Å²) in [5, 5.41) is 7.11. The van der Waals surface area contributed by atoms with E-state index in [0.29, 0.717) is 5.92 Å². The van der Waals surface area contributed by atoms with Gasteiger partial charge in [-0.1, -0.05) is 25.2 Å². The molecular weight excluding hydrogens is 148 g/mol. The van der Waals surface area contributed by atoms with E-state index in [2.05, 4.69) is 19.1 Å². The van der Waals surface area contributed by atoms with Gasteiger partial charge in [-0.25, -0.2) is 0 Å². The van der Waals surface area contributed by atoms with Crippen LogP contribution in [-0.4, -0.2) is 6.21 Å². The number of nitrogens with one attached hydrogen (secondary N) is 1. The van der Waals surface area contributed by atoms with Crippen molar-refractivity contribution in [2.45, 2.75) is 13.3 Å².